The third-order valence-electron chi connectivity index (χ3n) is 3.35. The molecule has 20 heavy (non-hydrogen) atoms. The fraction of sp³-hybridized carbons (Fsp3) is 0.467. The summed E-state index contributed by atoms with van der Waals surface area (Å²) in [5.74, 6) is -1.19. The van der Waals surface area contributed by atoms with E-state index in [1.54, 1.807) is 0 Å². The average Bonchev–Trinajstić information content (AvgIpc) is 2.61. The molecule has 1 unspecified atom stereocenters. The van der Waals surface area contributed by atoms with Crippen molar-refractivity contribution in [3.8, 4) is 0 Å². The van der Waals surface area contributed by atoms with E-state index in [-0.39, 0.29) is 12.5 Å². The Kier molecular flexibility index (Phi) is 5.12. The number of likely N-dealkylation sites (tertiary alicyclic amines) is 1. The lowest BCUT2D eigenvalue weighted by molar-refractivity contribution is -0.150. The minimum atomic E-state index is -0.984. The van der Waals surface area contributed by atoms with Crippen molar-refractivity contribution in [2.24, 2.45) is 0 Å². The van der Waals surface area contributed by atoms with Crippen LogP contribution >= 0.6 is 0 Å². The first kappa shape index (κ1) is 14.5. The van der Waals surface area contributed by atoms with Gasteiger partial charge in [-0.1, -0.05) is 30.3 Å². The van der Waals surface area contributed by atoms with E-state index in [1.807, 2.05) is 30.3 Å². The number of aliphatic carboxylic acids is 1. The lowest BCUT2D eigenvalue weighted by atomic mass is 10.2. The maximum Gasteiger partial charge on any atom is 0.323 e. The molecule has 5 heteroatoms. The average molecular weight is 277 g/mol. The van der Waals surface area contributed by atoms with Crippen LogP contribution in [-0.4, -0.2) is 41.1 Å². The summed E-state index contributed by atoms with van der Waals surface area (Å²) in [6.45, 7) is 0.624. The van der Waals surface area contributed by atoms with E-state index in [0.717, 1.165) is 18.4 Å². The lowest BCUT2D eigenvalue weighted by Crippen LogP contribution is -2.41. The maximum absolute atomic E-state index is 12.2. The highest BCUT2D eigenvalue weighted by molar-refractivity contribution is 5.84. The van der Waals surface area contributed by atoms with Crippen molar-refractivity contribution in [1.82, 2.24) is 4.90 Å². The molecule has 0 spiro atoms. The number of carboxylic acids is 1. The van der Waals surface area contributed by atoms with Crippen LogP contribution in [-0.2, 0) is 20.9 Å². The molecule has 1 aromatic rings. The van der Waals surface area contributed by atoms with Crippen LogP contribution in [0.5, 0.6) is 0 Å². The van der Waals surface area contributed by atoms with Gasteiger partial charge in [0, 0.05) is 6.54 Å². The Balaban J connectivity index is 1.95. The monoisotopic (exact) mass is 277 g/mol. The van der Waals surface area contributed by atoms with Crippen molar-refractivity contribution < 1.29 is 19.4 Å². The van der Waals surface area contributed by atoms with Crippen LogP contribution < -0.4 is 0 Å². The third kappa shape index (κ3) is 4.06. The molecular formula is C15H19NO4. The fourth-order valence-corrected chi connectivity index (χ4v) is 2.32. The first-order valence-electron chi connectivity index (χ1n) is 6.83. The number of carboxylic acid groups (broad SMARTS) is 1. The topological polar surface area (TPSA) is 66.8 Å². The highest BCUT2D eigenvalue weighted by Gasteiger charge is 2.28. The van der Waals surface area contributed by atoms with Gasteiger partial charge in [0.2, 0.25) is 0 Å². The third-order valence-corrected chi connectivity index (χ3v) is 3.35. The molecule has 1 atom stereocenters. The highest BCUT2D eigenvalue weighted by atomic mass is 16.5. The molecule has 1 aliphatic rings. The van der Waals surface area contributed by atoms with Gasteiger partial charge < -0.3 is 14.7 Å². The van der Waals surface area contributed by atoms with Crippen LogP contribution in [0.15, 0.2) is 30.3 Å². The number of carbonyl (C=O) groups excluding carboxylic acids is 1. The number of hydrogen-bond acceptors (Lipinski definition) is 3. The van der Waals surface area contributed by atoms with E-state index >= 15 is 0 Å². The van der Waals surface area contributed by atoms with Gasteiger partial charge in [-0.05, 0) is 24.8 Å². The molecule has 1 heterocycles. The second-order valence-electron chi connectivity index (χ2n) is 4.93. The number of amides is 1. The van der Waals surface area contributed by atoms with E-state index in [0.29, 0.717) is 19.6 Å². The second-order valence-corrected chi connectivity index (χ2v) is 4.93. The zero-order valence-corrected chi connectivity index (χ0v) is 11.3. The van der Waals surface area contributed by atoms with Crippen molar-refractivity contribution in [2.75, 3.05) is 13.1 Å². The molecule has 1 amide bonds. The summed E-state index contributed by atoms with van der Waals surface area (Å²) < 4.78 is 5.69. The molecule has 1 aliphatic heterocycles. The Hall–Kier alpha value is -1.88. The smallest absolute Gasteiger partial charge is 0.323 e. The number of nitrogens with zero attached hydrogens (tertiary/aromatic N) is 1. The predicted molar refractivity (Wildman–Crippen MR) is 73.1 cm³/mol. The minimum Gasteiger partial charge on any atom is -0.480 e. The van der Waals surface area contributed by atoms with Crippen LogP contribution in [0.4, 0.5) is 0 Å². The largest absolute Gasteiger partial charge is 0.480 e. The quantitative estimate of drug-likeness (QED) is 0.889. The molecule has 5 nitrogen and oxygen atoms in total. The Morgan fingerprint density at radius 3 is 2.75 bits per heavy atom. The summed E-state index contributed by atoms with van der Waals surface area (Å²) in [6, 6.07) is 9.65. The molecule has 1 fully saturated rings. The van der Waals surface area contributed by atoms with Crippen molar-refractivity contribution in [2.45, 2.75) is 32.0 Å². The molecule has 108 valence electrons. The summed E-state index contributed by atoms with van der Waals surface area (Å²) in [4.78, 5) is 24.4. The van der Waals surface area contributed by atoms with Crippen molar-refractivity contribution in [3.63, 3.8) is 0 Å². The normalized spacial score (nSPS) is 19.7. The maximum atomic E-state index is 12.2. The summed E-state index contributed by atoms with van der Waals surface area (Å²) in [7, 11) is 0. The predicted octanol–water partition coefficient (Wildman–Crippen LogP) is 1.67. The molecule has 2 rings (SSSR count). The molecule has 1 aromatic carbocycles. The Labute approximate surface area is 118 Å². The van der Waals surface area contributed by atoms with Crippen molar-refractivity contribution >= 4 is 11.9 Å². The summed E-state index contributed by atoms with van der Waals surface area (Å²) >= 11 is 0. The molecule has 0 bridgehead atoms. The van der Waals surface area contributed by atoms with Crippen LogP contribution in [0.25, 0.3) is 0 Å². The zero-order chi connectivity index (χ0) is 14.4. The van der Waals surface area contributed by atoms with Crippen LogP contribution in [0.1, 0.15) is 24.8 Å². The van der Waals surface area contributed by atoms with E-state index in [9.17, 15) is 9.59 Å². The summed E-state index contributed by atoms with van der Waals surface area (Å²) in [6.07, 6.45) is 1.82. The number of hydrogen-bond donors (Lipinski definition) is 1. The van der Waals surface area contributed by atoms with Crippen LogP contribution in [0.3, 0.4) is 0 Å². The van der Waals surface area contributed by atoms with E-state index in [4.69, 9.17) is 9.84 Å². The molecule has 0 radical (unpaired) electrons. The second kappa shape index (κ2) is 7.05. The van der Waals surface area contributed by atoms with Gasteiger partial charge in [0.25, 0.3) is 5.91 Å². The van der Waals surface area contributed by atoms with Gasteiger partial charge in [0.15, 0.2) is 0 Å². The van der Waals surface area contributed by atoms with Gasteiger partial charge in [-0.25, -0.2) is 0 Å². The first-order chi connectivity index (χ1) is 9.66. The molecule has 0 aromatic heterocycles. The molecule has 0 aliphatic carbocycles. The van der Waals surface area contributed by atoms with Crippen molar-refractivity contribution in [1.29, 1.82) is 0 Å². The van der Waals surface area contributed by atoms with Gasteiger partial charge in [0.1, 0.15) is 12.6 Å². The highest BCUT2D eigenvalue weighted by Crippen LogP contribution is 2.16. The zero-order valence-electron chi connectivity index (χ0n) is 11.3. The van der Waals surface area contributed by atoms with Crippen LogP contribution in [0.2, 0.25) is 0 Å². The first-order valence-corrected chi connectivity index (χ1v) is 6.83. The van der Waals surface area contributed by atoms with Crippen LogP contribution in [0, 0.1) is 0 Å². The SMILES string of the molecule is O=C(O)CN1CCCCC(OCc2ccccc2)C1=O. The number of rotatable bonds is 5. The molecule has 0 saturated carbocycles. The van der Waals surface area contributed by atoms with Gasteiger partial charge >= 0.3 is 5.97 Å². The number of carbonyl (C=O) groups is 2. The van der Waals surface area contributed by atoms with Gasteiger partial charge in [-0.3, -0.25) is 9.59 Å². The fourth-order valence-electron chi connectivity index (χ4n) is 2.32. The Morgan fingerprint density at radius 2 is 2.05 bits per heavy atom. The van der Waals surface area contributed by atoms with Gasteiger partial charge in [-0.2, -0.15) is 0 Å². The van der Waals surface area contributed by atoms with E-state index in [1.165, 1.54) is 4.90 Å². The van der Waals surface area contributed by atoms with Gasteiger partial charge in [0.05, 0.1) is 6.61 Å². The Bertz CT molecular complexity index is 460. The summed E-state index contributed by atoms with van der Waals surface area (Å²) in [5.41, 5.74) is 1.01. The molecular weight excluding hydrogens is 258 g/mol. The lowest BCUT2D eigenvalue weighted by Gasteiger charge is -2.22. The molecule has 1 saturated heterocycles. The minimum absolute atomic E-state index is 0.208. The number of benzene rings is 1. The van der Waals surface area contributed by atoms with E-state index < -0.39 is 12.1 Å². The molecule has 1 N–H and O–H groups in total. The van der Waals surface area contributed by atoms with Gasteiger partial charge in [-0.15, -0.1) is 0 Å². The summed E-state index contributed by atoms with van der Waals surface area (Å²) in [5, 5.41) is 8.83. The standard InChI is InChI=1S/C15H19NO4/c17-14(18)10-16-9-5-4-8-13(15(16)19)20-11-12-6-2-1-3-7-12/h1-3,6-7,13H,4-5,8-11H2,(H,17,18). The number of ether oxygens (including phenoxy) is 1. The Morgan fingerprint density at radius 1 is 1.30 bits per heavy atom. The van der Waals surface area contributed by atoms with Crippen molar-refractivity contribution in [3.05, 3.63) is 35.9 Å². The van der Waals surface area contributed by atoms with E-state index in [2.05, 4.69) is 0 Å².